The third-order valence-electron chi connectivity index (χ3n) is 2.87. The van der Waals surface area contributed by atoms with Crippen molar-refractivity contribution in [3.05, 3.63) is 32.9 Å². The molecule has 0 aliphatic carbocycles. The van der Waals surface area contributed by atoms with Crippen molar-refractivity contribution >= 4 is 28.5 Å². The van der Waals surface area contributed by atoms with Crippen molar-refractivity contribution in [3.63, 3.8) is 0 Å². The van der Waals surface area contributed by atoms with Crippen molar-refractivity contribution in [1.82, 2.24) is 4.90 Å². The van der Waals surface area contributed by atoms with Crippen LogP contribution in [-0.2, 0) is 0 Å². The number of likely N-dealkylation sites (tertiary alicyclic amines) is 1. The van der Waals surface area contributed by atoms with Crippen LogP contribution in [0.2, 0.25) is 0 Å². The van der Waals surface area contributed by atoms with Gasteiger partial charge in [0.05, 0.1) is 11.7 Å². The molecule has 0 bridgehead atoms. The van der Waals surface area contributed by atoms with Gasteiger partial charge in [0.15, 0.2) is 0 Å². The van der Waals surface area contributed by atoms with Gasteiger partial charge >= 0.3 is 0 Å². The molecule has 1 aliphatic heterocycles. The second-order valence-corrected chi connectivity index (χ2v) is 5.21. The molecular weight excluding hydrogens is 317 g/mol. The van der Waals surface area contributed by atoms with Crippen LogP contribution >= 0.6 is 22.6 Å². The summed E-state index contributed by atoms with van der Waals surface area (Å²) in [5.74, 6) is 0.0321. The molecule has 1 atom stereocenters. The summed E-state index contributed by atoms with van der Waals surface area (Å²) in [6, 6.07) is 5.75. The Balaban J connectivity index is 2.24. The first kappa shape index (κ1) is 11.9. The van der Waals surface area contributed by atoms with Crippen molar-refractivity contribution in [2.24, 2.45) is 0 Å². The molecule has 1 N–H and O–H groups in total. The van der Waals surface area contributed by atoms with E-state index in [1.807, 2.05) is 25.1 Å². The van der Waals surface area contributed by atoms with E-state index in [1.54, 1.807) is 4.90 Å². The first-order valence-electron chi connectivity index (χ1n) is 5.32. The number of amides is 1. The van der Waals surface area contributed by atoms with Gasteiger partial charge in [-0.1, -0.05) is 12.1 Å². The van der Waals surface area contributed by atoms with Crippen LogP contribution in [0.25, 0.3) is 0 Å². The van der Waals surface area contributed by atoms with E-state index in [-0.39, 0.29) is 12.0 Å². The molecule has 16 heavy (non-hydrogen) atoms. The Hall–Kier alpha value is -0.620. The number of aliphatic hydroxyl groups is 1. The Labute approximate surface area is 109 Å². The average Bonchev–Trinajstić information content (AvgIpc) is 2.68. The summed E-state index contributed by atoms with van der Waals surface area (Å²) in [5.41, 5.74) is 1.86. The van der Waals surface area contributed by atoms with E-state index in [1.165, 1.54) is 0 Å². The highest BCUT2D eigenvalue weighted by molar-refractivity contribution is 14.1. The van der Waals surface area contributed by atoms with Gasteiger partial charge in [0, 0.05) is 16.7 Å². The summed E-state index contributed by atoms with van der Waals surface area (Å²) >= 11 is 2.20. The lowest BCUT2D eigenvalue weighted by atomic mass is 10.1. The van der Waals surface area contributed by atoms with E-state index in [0.717, 1.165) is 14.7 Å². The highest BCUT2D eigenvalue weighted by atomic mass is 127. The van der Waals surface area contributed by atoms with Gasteiger partial charge in [0.1, 0.15) is 0 Å². The number of carbonyl (C=O) groups is 1. The molecule has 0 radical (unpaired) electrons. The number of aliphatic hydroxyl groups excluding tert-OH is 1. The van der Waals surface area contributed by atoms with Crippen LogP contribution in [0, 0.1) is 10.5 Å². The largest absolute Gasteiger partial charge is 0.391 e. The van der Waals surface area contributed by atoms with Crippen LogP contribution in [0.4, 0.5) is 0 Å². The summed E-state index contributed by atoms with van der Waals surface area (Å²) in [7, 11) is 0. The zero-order valence-electron chi connectivity index (χ0n) is 9.11. The molecule has 0 saturated carbocycles. The summed E-state index contributed by atoms with van der Waals surface area (Å²) in [6.07, 6.45) is 0.333. The number of halogens is 1. The average molecular weight is 331 g/mol. The highest BCUT2D eigenvalue weighted by Crippen LogP contribution is 2.20. The number of β-amino-alcohol motifs (C(OH)–C–C–N with tert-alkyl or cyclic N) is 1. The summed E-state index contributed by atoms with van der Waals surface area (Å²) in [6.45, 7) is 3.12. The maximum atomic E-state index is 12.2. The van der Waals surface area contributed by atoms with Crippen LogP contribution in [0.3, 0.4) is 0 Å². The second-order valence-electron chi connectivity index (χ2n) is 4.13. The summed E-state index contributed by atoms with van der Waals surface area (Å²) in [4.78, 5) is 13.9. The van der Waals surface area contributed by atoms with Crippen LogP contribution in [0.5, 0.6) is 0 Å². The number of rotatable bonds is 1. The van der Waals surface area contributed by atoms with Crippen molar-refractivity contribution < 1.29 is 9.90 Å². The van der Waals surface area contributed by atoms with Crippen LogP contribution < -0.4 is 0 Å². The van der Waals surface area contributed by atoms with Gasteiger partial charge in [-0.25, -0.2) is 0 Å². The number of aryl methyl sites for hydroxylation is 1. The molecule has 0 spiro atoms. The lowest BCUT2D eigenvalue weighted by Gasteiger charge is -2.17. The minimum absolute atomic E-state index is 0.0321. The Kier molecular flexibility index (Phi) is 3.49. The molecule has 0 unspecified atom stereocenters. The Bertz CT molecular complexity index is 419. The zero-order chi connectivity index (χ0) is 11.7. The number of nitrogens with zero attached hydrogens (tertiary/aromatic N) is 1. The summed E-state index contributed by atoms with van der Waals surface area (Å²) < 4.78 is 1.01. The molecular formula is C12H14INO2. The summed E-state index contributed by atoms with van der Waals surface area (Å²) in [5, 5.41) is 9.42. The van der Waals surface area contributed by atoms with Gasteiger partial charge in [0.25, 0.3) is 5.91 Å². The minimum Gasteiger partial charge on any atom is -0.391 e. The molecule has 3 nitrogen and oxygen atoms in total. The van der Waals surface area contributed by atoms with E-state index >= 15 is 0 Å². The van der Waals surface area contributed by atoms with Gasteiger partial charge in [-0.15, -0.1) is 0 Å². The molecule has 1 aliphatic rings. The van der Waals surface area contributed by atoms with Crippen LogP contribution in [0.15, 0.2) is 18.2 Å². The van der Waals surface area contributed by atoms with Gasteiger partial charge in [0.2, 0.25) is 0 Å². The molecule has 0 aromatic heterocycles. The smallest absolute Gasteiger partial charge is 0.255 e. The Morgan fingerprint density at radius 2 is 2.31 bits per heavy atom. The molecule has 1 heterocycles. The second kappa shape index (κ2) is 4.71. The molecule has 4 heteroatoms. The quantitative estimate of drug-likeness (QED) is 0.798. The maximum Gasteiger partial charge on any atom is 0.255 e. The topological polar surface area (TPSA) is 40.5 Å². The van der Waals surface area contributed by atoms with E-state index in [4.69, 9.17) is 0 Å². The molecule has 86 valence electrons. The fourth-order valence-corrected chi connectivity index (χ4v) is 2.50. The van der Waals surface area contributed by atoms with Gasteiger partial charge in [-0.2, -0.15) is 0 Å². The predicted octanol–water partition coefficient (Wildman–Crippen LogP) is 1.81. The van der Waals surface area contributed by atoms with E-state index in [9.17, 15) is 9.90 Å². The standard InChI is InChI=1S/C12H14INO2/c1-8-3-2-4-10(11(8)13)12(16)14-6-5-9(15)7-14/h2-4,9,15H,5-7H2,1H3/t9-/m1/s1. The Morgan fingerprint density at radius 3 is 2.94 bits per heavy atom. The highest BCUT2D eigenvalue weighted by Gasteiger charge is 2.26. The third kappa shape index (κ3) is 2.22. The minimum atomic E-state index is -0.355. The number of benzene rings is 1. The van der Waals surface area contributed by atoms with Crippen molar-refractivity contribution in [2.75, 3.05) is 13.1 Å². The van der Waals surface area contributed by atoms with Crippen molar-refractivity contribution in [3.8, 4) is 0 Å². The number of hydrogen-bond acceptors (Lipinski definition) is 2. The van der Waals surface area contributed by atoms with Crippen molar-refractivity contribution in [2.45, 2.75) is 19.4 Å². The third-order valence-corrected chi connectivity index (χ3v) is 4.30. The molecule has 1 aromatic carbocycles. The lowest BCUT2D eigenvalue weighted by molar-refractivity contribution is 0.0764. The monoisotopic (exact) mass is 331 g/mol. The molecule has 1 amide bonds. The number of carbonyl (C=O) groups excluding carboxylic acids is 1. The van der Waals surface area contributed by atoms with Crippen LogP contribution in [-0.4, -0.2) is 35.1 Å². The fraction of sp³-hybridized carbons (Fsp3) is 0.417. The van der Waals surface area contributed by atoms with E-state index < -0.39 is 0 Å². The lowest BCUT2D eigenvalue weighted by Crippen LogP contribution is -2.30. The first-order chi connectivity index (χ1) is 7.59. The van der Waals surface area contributed by atoms with Gasteiger partial charge in [-0.05, 0) is 47.6 Å². The van der Waals surface area contributed by atoms with Crippen LogP contribution in [0.1, 0.15) is 22.3 Å². The van der Waals surface area contributed by atoms with Crippen molar-refractivity contribution in [1.29, 1.82) is 0 Å². The predicted molar refractivity (Wildman–Crippen MR) is 70.4 cm³/mol. The fourth-order valence-electron chi connectivity index (χ4n) is 1.91. The normalized spacial score (nSPS) is 20.2. The SMILES string of the molecule is Cc1cccc(C(=O)N2CC[C@@H](O)C2)c1I. The molecule has 2 rings (SSSR count). The van der Waals surface area contributed by atoms with E-state index in [2.05, 4.69) is 22.6 Å². The maximum absolute atomic E-state index is 12.2. The molecule has 1 aromatic rings. The molecule has 1 fully saturated rings. The Morgan fingerprint density at radius 1 is 1.56 bits per heavy atom. The number of hydrogen-bond donors (Lipinski definition) is 1. The zero-order valence-corrected chi connectivity index (χ0v) is 11.3. The molecule has 1 saturated heterocycles. The first-order valence-corrected chi connectivity index (χ1v) is 6.40. The van der Waals surface area contributed by atoms with Gasteiger partial charge in [-0.3, -0.25) is 4.79 Å². The van der Waals surface area contributed by atoms with Gasteiger partial charge < -0.3 is 10.0 Å². The van der Waals surface area contributed by atoms with E-state index in [0.29, 0.717) is 19.5 Å².